The Labute approximate surface area is 109 Å². The Morgan fingerprint density at radius 3 is 2.50 bits per heavy atom. The van der Waals surface area contributed by atoms with Crippen molar-refractivity contribution in [3.63, 3.8) is 0 Å². The molecule has 0 aliphatic heterocycles. The number of carbonyl (C=O) groups is 1. The number of carboxylic acid groups (broad SMARTS) is 1. The van der Waals surface area contributed by atoms with E-state index in [1.54, 1.807) is 12.3 Å². The summed E-state index contributed by atoms with van der Waals surface area (Å²) in [5.41, 5.74) is 1.65. The van der Waals surface area contributed by atoms with Crippen LogP contribution in [0.5, 0.6) is 0 Å². The molecule has 0 saturated carbocycles. The molecule has 2 aromatic carbocycles. The molecule has 0 unspecified atom stereocenters. The number of rotatable bonds is 3. The second-order valence-electron chi connectivity index (χ2n) is 3.64. The molecule has 2 aromatic rings. The summed E-state index contributed by atoms with van der Waals surface area (Å²) < 4.78 is 0. The average Bonchev–Trinajstić information content (AvgIpc) is 2.38. The van der Waals surface area contributed by atoms with E-state index in [0.717, 1.165) is 5.56 Å². The van der Waals surface area contributed by atoms with Crippen molar-refractivity contribution in [2.45, 2.75) is 0 Å². The highest BCUT2D eigenvalue weighted by Gasteiger charge is 2.05. The lowest BCUT2D eigenvalue weighted by Crippen LogP contribution is -1.94. The van der Waals surface area contributed by atoms with Gasteiger partial charge in [-0.25, -0.2) is 4.79 Å². The Kier molecular flexibility index (Phi) is 3.75. The Bertz CT molecular complexity index is 594. The number of aliphatic imine (C=N–C) groups is 1. The van der Waals surface area contributed by atoms with Crippen molar-refractivity contribution < 1.29 is 9.90 Å². The fourth-order valence-corrected chi connectivity index (χ4v) is 1.66. The topological polar surface area (TPSA) is 49.7 Å². The van der Waals surface area contributed by atoms with Crippen molar-refractivity contribution in [3.8, 4) is 0 Å². The van der Waals surface area contributed by atoms with E-state index in [2.05, 4.69) is 4.99 Å². The van der Waals surface area contributed by atoms with Crippen LogP contribution < -0.4 is 0 Å². The van der Waals surface area contributed by atoms with Gasteiger partial charge in [0.2, 0.25) is 0 Å². The van der Waals surface area contributed by atoms with Gasteiger partial charge < -0.3 is 5.11 Å². The van der Waals surface area contributed by atoms with Gasteiger partial charge in [0.15, 0.2) is 0 Å². The van der Waals surface area contributed by atoms with Gasteiger partial charge in [0.05, 0.1) is 16.3 Å². The number of hydrogen-bond acceptors (Lipinski definition) is 2. The third-order valence-corrected chi connectivity index (χ3v) is 2.65. The maximum absolute atomic E-state index is 10.7. The maximum atomic E-state index is 10.7. The van der Waals surface area contributed by atoms with Crippen LogP contribution in [0.4, 0.5) is 5.69 Å². The van der Waals surface area contributed by atoms with Gasteiger partial charge >= 0.3 is 5.97 Å². The molecule has 18 heavy (non-hydrogen) atoms. The molecular formula is C14H10ClNO2. The van der Waals surface area contributed by atoms with E-state index in [9.17, 15) is 4.79 Å². The van der Waals surface area contributed by atoms with Gasteiger partial charge in [-0.2, -0.15) is 0 Å². The van der Waals surface area contributed by atoms with Crippen molar-refractivity contribution in [1.82, 2.24) is 0 Å². The Morgan fingerprint density at radius 2 is 1.89 bits per heavy atom. The number of aromatic carboxylic acids is 1. The Hall–Kier alpha value is -2.13. The molecule has 0 atom stereocenters. The molecule has 2 rings (SSSR count). The molecule has 0 heterocycles. The van der Waals surface area contributed by atoms with Crippen molar-refractivity contribution in [2.24, 2.45) is 4.99 Å². The molecule has 0 bridgehead atoms. The van der Waals surface area contributed by atoms with Gasteiger partial charge in [0, 0.05) is 6.21 Å². The van der Waals surface area contributed by atoms with E-state index in [1.807, 2.05) is 30.3 Å². The summed E-state index contributed by atoms with van der Waals surface area (Å²) in [5, 5.41) is 9.13. The van der Waals surface area contributed by atoms with Crippen LogP contribution in [-0.4, -0.2) is 17.3 Å². The van der Waals surface area contributed by atoms with Crippen LogP contribution in [0, 0.1) is 0 Å². The van der Waals surface area contributed by atoms with Gasteiger partial charge in [0.1, 0.15) is 0 Å². The van der Waals surface area contributed by atoms with E-state index >= 15 is 0 Å². The molecule has 0 radical (unpaired) electrons. The second kappa shape index (κ2) is 5.47. The Morgan fingerprint density at radius 1 is 1.17 bits per heavy atom. The first-order valence-corrected chi connectivity index (χ1v) is 5.66. The normalized spacial score (nSPS) is 10.7. The van der Waals surface area contributed by atoms with Crippen LogP contribution in [0.2, 0.25) is 5.02 Å². The summed E-state index contributed by atoms with van der Waals surface area (Å²) in [6.07, 6.45) is 1.68. The zero-order valence-electron chi connectivity index (χ0n) is 9.38. The highest BCUT2D eigenvalue weighted by atomic mass is 35.5. The number of benzene rings is 2. The summed E-state index contributed by atoms with van der Waals surface area (Å²) in [7, 11) is 0. The third kappa shape index (κ3) is 2.96. The number of nitrogens with zero attached hydrogens (tertiary/aromatic N) is 1. The van der Waals surface area contributed by atoms with Crippen molar-refractivity contribution in [2.75, 3.05) is 0 Å². The van der Waals surface area contributed by atoms with Crippen molar-refractivity contribution in [1.29, 1.82) is 0 Å². The molecule has 1 N–H and O–H groups in total. The van der Waals surface area contributed by atoms with E-state index in [4.69, 9.17) is 16.7 Å². The standard InChI is InChI=1S/C14H10ClNO2/c15-12-8-11(14(17)18)6-7-13(12)16-9-10-4-2-1-3-5-10/h1-9H,(H,17,18). The van der Waals surface area contributed by atoms with Crippen LogP contribution in [0.25, 0.3) is 0 Å². The Balaban J connectivity index is 2.25. The van der Waals surface area contributed by atoms with E-state index in [1.165, 1.54) is 12.1 Å². The average molecular weight is 260 g/mol. The first kappa shape index (κ1) is 12.3. The maximum Gasteiger partial charge on any atom is 0.335 e. The quantitative estimate of drug-likeness (QED) is 0.853. The summed E-state index contributed by atoms with van der Waals surface area (Å²) in [4.78, 5) is 15.0. The SMILES string of the molecule is O=C(O)c1ccc(N=Cc2ccccc2)c(Cl)c1. The summed E-state index contributed by atoms with van der Waals surface area (Å²) in [6, 6.07) is 14.0. The lowest BCUT2D eigenvalue weighted by atomic mass is 10.2. The molecule has 0 aliphatic carbocycles. The largest absolute Gasteiger partial charge is 0.478 e. The monoisotopic (exact) mass is 259 g/mol. The predicted octanol–water partition coefficient (Wildman–Crippen LogP) is 3.79. The number of halogens is 1. The third-order valence-electron chi connectivity index (χ3n) is 2.35. The molecule has 0 aromatic heterocycles. The lowest BCUT2D eigenvalue weighted by molar-refractivity contribution is 0.0697. The fraction of sp³-hybridized carbons (Fsp3) is 0. The zero-order valence-corrected chi connectivity index (χ0v) is 10.1. The van der Waals surface area contributed by atoms with Crippen molar-refractivity contribution in [3.05, 3.63) is 64.7 Å². The van der Waals surface area contributed by atoms with Crippen LogP contribution in [0.3, 0.4) is 0 Å². The van der Waals surface area contributed by atoms with Crippen LogP contribution in [-0.2, 0) is 0 Å². The summed E-state index contributed by atoms with van der Waals surface area (Å²) >= 11 is 5.96. The van der Waals surface area contributed by atoms with Gasteiger partial charge in [-0.15, -0.1) is 0 Å². The van der Waals surface area contributed by atoms with Crippen LogP contribution in [0.15, 0.2) is 53.5 Å². The zero-order chi connectivity index (χ0) is 13.0. The summed E-state index contributed by atoms with van der Waals surface area (Å²) in [5.74, 6) is -1.00. The molecular weight excluding hydrogens is 250 g/mol. The first-order chi connectivity index (χ1) is 8.66. The minimum Gasteiger partial charge on any atom is -0.478 e. The highest BCUT2D eigenvalue weighted by molar-refractivity contribution is 6.33. The molecule has 0 saturated heterocycles. The van der Waals surface area contributed by atoms with Gasteiger partial charge in [-0.05, 0) is 23.8 Å². The molecule has 90 valence electrons. The molecule has 4 heteroatoms. The van der Waals surface area contributed by atoms with Gasteiger partial charge in [-0.1, -0.05) is 41.9 Å². The van der Waals surface area contributed by atoms with E-state index < -0.39 is 5.97 Å². The fourth-order valence-electron chi connectivity index (χ4n) is 1.43. The van der Waals surface area contributed by atoms with Gasteiger partial charge in [0.25, 0.3) is 0 Å². The second-order valence-corrected chi connectivity index (χ2v) is 4.05. The minimum absolute atomic E-state index is 0.152. The minimum atomic E-state index is -1.00. The van der Waals surface area contributed by atoms with Crippen LogP contribution in [0.1, 0.15) is 15.9 Å². The van der Waals surface area contributed by atoms with Gasteiger partial charge in [-0.3, -0.25) is 4.99 Å². The summed E-state index contributed by atoms with van der Waals surface area (Å²) in [6.45, 7) is 0. The predicted molar refractivity (Wildman–Crippen MR) is 72.1 cm³/mol. The van der Waals surface area contributed by atoms with Crippen LogP contribution >= 0.6 is 11.6 Å². The molecule has 0 aliphatic rings. The highest BCUT2D eigenvalue weighted by Crippen LogP contribution is 2.25. The molecule has 0 spiro atoms. The molecule has 3 nitrogen and oxygen atoms in total. The lowest BCUT2D eigenvalue weighted by Gasteiger charge is -2.00. The number of hydrogen-bond donors (Lipinski definition) is 1. The van der Waals surface area contributed by atoms with E-state index in [0.29, 0.717) is 10.7 Å². The smallest absolute Gasteiger partial charge is 0.335 e. The van der Waals surface area contributed by atoms with Crippen molar-refractivity contribution >= 4 is 29.5 Å². The first-order valence-electron chi connectivity index (χ1n) is 5.29. The van der Waals surface area contributed by atoms with E-state index in [-0.39, 0.29) is 5.56 Å². The number of carboxylic acids is 1. The molecule has 0 fully saturated rings. The molecule has 0 amide bonds.